The lowest BCUT2D eigenvalue weighted by Crippen LogP contribution is -2.56. The third-order valence-corrected chi connectivity index (χ3v) is 4.62. The van der Waals surface area contributed by atoms with Gasteiger partial charge in [-0.15, -0.1) is 0 Å². The van der Waals surface area contributed by atoms with Crippen LogP contribution in [0.25, 0.3) is 0 Å². The Bertz CT molecular complexity index is 515. The minimum absolute atomic E-state index is 0.0659. The van der Waals surface area contributed by atoms with E-state index in [1.807, 2.05) is 0 Å². The van der Waals surface area contributed by atoms with Crippen molar-refractivity contribution in [3.05, 3.63) is 29.1 Å². The topological polar surface area (TPSA) is 58.2 Å². The summed E-state index contributed by atoms with van der Waals surface area (Å²) >= 11 is 0. The third kappa shape index (κ3) is 2.48. The summed E-state index contributed by atoms with van der Waals surface area (Å²) in [6.45, 7) is 4.48. The molecule has 0 aliphatic carbocycles. The van der Waals surface area contributed by atoms with Crippen molar-refractivity contribution in [1.82, 2.24) is 10.0 Å². The lowest BCUT2D eigenvalue weighted by Gasteiger charge is -2.28. The van der Waals surface area contributed by atoms with Crippen molar-refractivity contribution in [3.8, 4) is 0 Å². The van der Waals surface area contributed by atoms with Crippen LogP contribution in [-0.4, -0.2) is 27.5 Å². The van der Waals surface area contributed by atoms with E-state index in [1.165, 1.54) is 12.1 Å². The van der Waals surface area contributed by atoms with Crippen LogP contribution in [0.4, 0.5) is 4.39 Å². The summed E-state index contributed by atoms with van der Waals surface area (Å²) in [6, 6.07) is 2.41. The van der Waals surface area contributed by atoms with Gasteiger partial charge in [0.25, 0.3) is 0 Å². The highest BCUT2D eigenvalue weighted by Gasteiger charge is 2.26. The standard InChI is InChI=1S/C11H15FN2O2S/c1-7-3-9(12)4-8(2)11(7)17(15,16)14-10-5-13-6-10/h3-4,10,13-14H,5-6H2,1-2H3. The molecule has 0 unspecified atom stereocenters. The van der Waals surface area contributed by atoms with Crippen LogP contribution >= 0.6 is 0 Å². The van der Waals surface area contributed by atoms with Crippen molar-refractivity contribution < 1.29 is 12.8 Å². The lowest BCUT2D eigenvalue weighted by atomic mass is 10.1. The zero-order chi connectivity index (χ0) is 12.6. The molecule has 94 valence electrons. The van der Waals surface area contributed by atoms with Gasteiger partial charge in [0.15, 0.2) is 0 Å². The van der Waals surface area contributed by atoms with Crippen molar-refractivity contribution in [1.29, 1.82) is 0 Å². The predicted octanol–water partition coefficient (Wildman–Crippen LogP) is 0.693. The number of sulfonamides is 1. The molecule has 0 saturated carbocycles. The average Bonchev–Trinajstić information content (AvgIpc) is 2.09. The largest absolute Gasteiger partial charge is 0.313 e. The minimum Gasteiger partial charge on any atom is -0.313 e. The maximum Gasteiger partial charge on any atom is 0.241 e. The normalized spacial score (nSPS) is 16.9. The quantitative estimate of drug-likeness (QED) is 0.839. The molecule has 2 N–H and O–H groups in total. The molecule has 0 spiro atoms. The smallest absolute Gasteiger partial charge is 0.241 e. The molecular formula is C11H15FN2O2S. The number of rotatable bonds is 3. The van der Waals surface area contributed by atoms with Gasteiger partial charge in [-0.25, -0.2) is 17.5 Å². The highest BCUT2D eigenvalue weighted by Crippen LogP contribution is 2.21. The lowest BCUT2D eigenvalue weighted by molar-refractivity contribution is 0.410. The number of hydrogen-bond donors (Lipinski definition) is 2. The maximum atomic E-state index is 13.1. The molecule has 1 saturated heterocycles. The van der Waals surface area contributed by atoms with Gasteiger partial charge >= 0.3 is 0 Å². The third-order valence-electron chi connectivity index (χ3n) is 2.80. The van der Waals surface area contributed by atoms with Gasteiger partial charge in [0.1, 0.15) is 5.82 Å². The molecule has 6 heteroatoms. The first-order chi connectivity index (χ1) is 7.90. The number of halogens is 1. The van der Waals surface area contributed by atoms with Gasteiger partial charge in [0.05, 0.1) is 4.90 Å². The molecule has 1 aromatic carbocycles. The second-order valence-corrected chi connectivity index (χ2v) is 6.00. The van der Waals surface area contributed by atoms with Gasteiger partial charge in [-0.2, -0.15) is 0 Å². The van der Waals surface area contributed by atoms with E-state index >= 15 is 0 Å². The molecule has 0 bridgehead atoms. The number of hydrogen-bond acceptors (Lipinski definition) is 3. The van der Waals surface area contributed by atoms with Crippen LogP contribution in [0.3, 0.4) is 0 Å². The molecule has 17 heavy (non-hydrogen) atoms. The molecule has 1 fully saturated rings. The van der Waals surface area contributed by atoms with Crippen molar-refractivity contribution in [3.63, 3.8) is 0 Å². The fourth-order valence-corrected chi connectivity index (χ4v) is 3.66. The van der Waals surface area contributed by atoms with Gasteiger partial charge in [-0.3, -0.25) is 0 Å². The van der Waals surface area contributed by atoms with Crippen LogP contribution in [-0.2, 0) is 10.0 Å². The Kier molecular flexibility index (Phi) is 3.20. The molecule has 1 aromatic rings. The van der Waals surface area contributed by atoms with Gasteiger partial charge in [-0.05, 0) is 37.1 Å². The van der Waals surface area contributed by atoms with E-state index in [0.717, 1.165) is 0 Å². The van der Waals surface area contributed by atoms with Crippen LogP contribution in [0.5, 0.6) is 0 Å². The van der Waals surface area contributed by atoms with Crippen molar-refractivity contribution in [2.24, 2.45) is 0 Å². The molecule has 0 atom stereocenters. The number of nitrogens with one attached hydrogen (secondary N) is 2. The molecule has 0 radical (unpaired) electrons. The Morgan fingerprint density at radius 1 is 1.29 bits per heavy atom. The van der Waals surface area contributed by atoms with E-state index < -0.39 is 15.8 Å². The van der Waals surface area contributed by atoms with E-state index in [9.17, 15) is 12.8 Å². The Morgan fingerprint density at radius 3 is 2.24 bits per heavy atom. The van der Waals surface area contributed by atoms with Crippen LogP contribution in [0.2, 0.25) is 0 Å². The van der Waals surface area contributed by atoms with Crippen LogP contribution in [0.1, 0.15) is 11.1 Å². The number of benzene rings is 1. The van der Waals surface area contributed by atoms with Gasteiger partial charge < -0.3 is 5.32 Å². The highest BCUT2D eigenvalue weighted by molar-refractivity contribution is 7.89. The zero-order valence-electron chi connectivity index (χ0n) is 9.75. The van der Waals surface area contributed by atoms with Crippen molar-refractivity contribution in [2.75, 3.05) is 13.1 Å². The molecule has 1 aliphatic heterocycles. The molecule has 0 amide bonds. The van der Waals surface area contributed by atoms with E-state index in [2.05, 4.69) is 10.0 Å². The fraction of sp³-hybridized carbons (Fsp3) is 0.455. The summed E-state index contributed by atoms with van der Waals surface area (Å²) in [5, 5.41) is 2.99. The predicted molar refractivity (Wildman–Crippen MR) is 62.9 cm³/mol. The van der Waals surface area contributed by atoms with E-state index in [-0.39, 0.29) is 10.9 Å². The second kappa shape index (κ2) is 4.36. The Hall–Kier alpha value is -0.980. The SMILES string of the molecule is Cc1cc(F)cc(C)c1S(=O)(=O)NC1CNC1. The summed E-state index contributed by atoms with van der Waals surface area (Å²) in [6.07, 6.45) is 0. The first-order valence-corrected chi connectivity index (χ1v) is 6.88. The zero-order valence-corrected chi connectivity index (χ0v) is 10.6. The first-order valence-electron chi connectivity index (χ1n) is 5.40. The summed E-state index contributed by atoms with van der Waals surface area (Å²) < 4.78 is 40.0. The van der Waals surface area contributed by atoms with Crippen LogP contribution in [0, 0.1) is 19.7 Å². The number of aryl methyl sites for hydroxylation is 2. The Balaban J connectivity index is 2.38. The maximum absolute atomic E-state index is 13.1. The van der Waals surface area contributed by atoms with Crippen molar-refractivity contribution >= 4 is 10.0 Å². The average molecular weight is 258 g/mol. The summed E-state index contributed by atoms with van der Waals surface area (Å²) in [5.74, 6) is -0.413. The van der Waals surface area contributed by atoms with E-state index in [1.54, 1.807) is 13.8 Å². The monoisotopic (exact) mass is 258 g/mol. The Morgan fingerprint density at radius 2 is 1.82 bits per heavy atom. The summed E-state index contributed by atoms with van der Waals surface area (Å²) in [4.78, 5) is 0.186. The minimum atomic E-state index is -3.56. The Labute approximate surface area is 100 Å². The first kappa shape index (κ1) is 12.5. The van der Waals surface area contributed by atoms with E-state index in [4.69, 9.17) is 0 Å². The highest BCUT2D eigenvalue weighted by atomic mass is 32.2. The summed E-state index contributed by atoms with van der Waals surface area (Å²) in [5.41, 5.74) is 0.865. The van der Waals surface area contributed by atoms with Gasteiger partial charge in [0, 0.05) is 19.1 Å². The summed E-state index contributed by atoms with van der Waals surface area (Å²) in [7, 11) is -3.56. The molecule has 0 aromatic heterocycles. The molecule has 1 heterocycles. The van der Waals surface area contributed by atoms with Crippen molar-refractivity contribution in [2.45, 2.75) is 24.8 Å². The molecule has 1 aliphatic rings. The van der Waals surface area contributed by atoms with Crippen LogP contribution < -0.4 is 10.0 Å². The second-order valence-electron chi connectivity index (χ2n) is 4.35. The fourth-order valence-electron chi connectivity index (χ4n) is 1.97. The molecule has 2 rings (SSSR count). The van der Waals surface area contributed by atoms with Gasteiger partial charge in [-0.1, -0.05) is 0 Å². The van der Waals surface area contributed by atoms with Crippen LogP contribution in [0.15, 0.2) is 17.0 Å². The van der Waals surface area contributed by atoms with Gasteiger partial charge in [0.2, 0.25) is 10.0 Å². The molecular weight excluding hydrogens is 243 g/mol. The molecule has 4 nitrogen and oxygen atoms in total. The van der Waals surface area contributed by atoms with E-state index in [0.29, 0.717) is 24.2 Å².